The minimum absolute atomic E-state index is 0.425. The largest absolute Gasteiger partial charge is 0.395 e. The molecule has 0 atom stereocenters. The molecule has 5 heteroatoms. The second kappa shape index (κ2) is 7.40. The number of carbonyl (C=O) groups excluding carboxylic acids is 1. The Bertz CT molecular complexity index is 653. The zero-order chi connectivity index (χ0) is 15.1. The molecule has 2 rings (SSSR count). The van der Waals surface area contributed by atoms with Gasteiger partial charge in [0.2, 0.25) is 5.91 Å². The van der Waals surface area contributed by atoms with E-state index in [1.165, 1.54) is 0 Å². The molecule has 0 radical (unpaired) electrons. The van der Waals surface area contributed by atoms with E-state index in [9.17, 15) is 4.79 Å². The number of oxime groups is 1. The first-order chi connectivity index (χ1) is 10.2. The van der Waals surface area contributed by atoms with Crippen molar-refractivity contribution in [3.05, 3.63) is 47.5 Å². The van der Waals surface area contributed by atoms with E-state index >= 15 is 0 Å². The van der Waals surface area contributed by atoms with E-state index < -0.39 is 5.91 Å². The molecular weight excluding hydrogens is 266 g/mol. The van der Waals surface area contributed by atoms with Crippen LogP contribution in [-0.4, -0.2) is 32.3 Å². The lowest BCUT2D eigenvalue weighted by atomic mass is 9.97. The van der Waals surface area contributed by atoms with E-state index in [1.54, 1.807) is 6.21 Å². The number of fused-ring (bicyclic) bond motifs is 1. The van der Waals surface area contributed by atoms with Crippen LogP contribution in [0.15, 0.2) is 41.6 Å². The number of nitrogens with zero attached hydrogens (tertiary/aromatic N) is 1. The highest BCUT2D eigenvalue weighted by Gasteiger charge is 2.11. The third-order valence-corrected chi connectivity index (χ3v) is 3.17. The van der Waals surface area contributed by atoms with Gasteiger partial charge in [-0.05, 0) is 23.4 Å². The Morgan fingerprint density at radius 3 is 2.90 bits per heavy atom. The highest BCUT2D eigenvalue weighted by molar-refractivity contribution is 6.08. The summed E-state index contributed by atoms with van der Waals surface area (Å²) in [4.78, 5) is 16.8. The predicted molar refractivity (Wildman–Crippen MR) is 84.5 cm³/mol. The molecule has 0 fully saturated rings. The average molecular weight is 285 g/mol. The standard InChI is InChI=1S/C16H19N3O2/c1-18-10-11-21-19-9-8-13-7-6-12-4-2-3-5-14(12)15(13)16(17)20/h2-7,9,18H,8,10-11H2,1H3,(H2,17,20). The number of nitrogens with one attached hydrogen (secondary N) is 1. The van der Waals surface area contributed by atoms with Crippen LogP contribution in [0.2, 0.25) is 0 Å². The maximum absolute atomic E-state index is 11.7. The molecule has 2 aromatic rings. The molecule has 1 amide bonds. The number of primary amides is 1. The van der Waals surface area contributed by atoms with Crippen molar-refractivity contribution in [3.63, 3.8) is 0 Å². The number of likely N-dealkylation sites (N-methyl/N-ethyl adjacent to an activating group) is 1. The first kappa shape index (κ1) is 15.0. The molecule has 0 aromatic heterocycles. The van der Waals surface area contributed by atoms with Crippen LogP contribution in [0, 0.1) is 0 Å². The summed E-state index contributed by atoms with van der Waals surface area (Å²) in [5.74, 6) is -0.425. The molecule has 110 valence electrons. The number of rotatable bonds is 7. The molecule has 5 nitrogen and oxygen atoms in total. The van der Waals surface area contributed by atoms with Gasteiger partial charge in [0, 0.05) is 19.2 Å². The topological polar surface area (TPSA) is 76.7 Å². The number of nitrogens with two attached hydrogens (primary N) is 1. The Hall–Kier alpha value is -2.40. The molecule has 0 spiro atoms. The van der Waals surface area contributed by atoms with Crippen molar-refractivity contribution in [2.45, 2.75) is 6.42 Å². The van der Waals surface area contributed by atoms with Gasteiger partial charge in [-0.3, -0.25) is 4.79 Å². The molecule has 21 heavy (non-hydrogen) atoms. The number of carbonyl (C=O) groups is 1. The summed E-state index contributed by atoms with van der Waals surface area (Å²) in [5.41, 5.74) is 6.93. The van der Waals surface area contributed by atoms with Crippen LogP contribution >= 0.6 is 0 Å². The molecule has 0 aliphatic heterocycles. The molecular formula is C16H19N3O2. The summed E-state index contributed by atoms with van der Waals surface area (Å²) >= 11 is 0. The van der Waals surface area contributed by atoms with Crippen LogP contribution in [0.5, 0.6) is 0 Å². The van der Waals surface area contributed by atoms with Gasteiger partial charge < -0.3 is 15.9 Å². The molecule has 3 N–H and O–H groups in total. The second-order valence-corrected chi connectivity index (χ2v) is 4.61. The molecule has 0 aliphatic carbocycles. The smallest absolute Gasteiger partial charge is 0.249 e. The number of hydrogen-bond acceptors (Lipinski definition) is 4. The lowest BCUT2D eigenvalue weighted by Crippen LogP contribution is -2.15. The quantitative estimate of drug-likeness (QED) is 0.462. The van der Waals surface area contributed by atoms with Gasteiger partial charge in [0.15, 0.2) is 0 Å². The molecule has 0 aliphatic rings. The van der Waals surface area contributed by atoms with Crippen LogP contribution in [0.1, 0.15) is 15.9 Å². The van der Waals surface area contributed by atoms with E-state index in [0.717, 1.165) is 22.9 Å². The monoisotopic (exact) mass is 285 g/mol. The lowest BCUT2D eigenvalue weighted by Gasteiger charge is -2.08. The molecule has 0 bridgehead atoms. The highest BCUT2D eigenvalue weighted by atomic mass is 16.6. The predicted octanol–water partition coefficient (Wildman–Crippen LogP) is 1.70. The summed E-state index contributed by atoms with van der Waals surface area (Å²) in [5, 5.41) is 8.69. The van der Waals surface area contributed by atoms with Crippen LogP contribution in [0.25, 0.3) is 10.8 Å². The van der Waals surface area contributed by atoms with Crippen molar-refractivity contribution in [2.75, 3.05) is 20.2 Å². The zero-order valence-corrected chi connectivity index (χ0v) is 12.0. The van der Waals surface area contributed by atoms with Crippen molar-refractivity contribution in [1.82, 2.24) is 5.32 Å². The molecule has 0 saturated carbocycles. The SMILES string of the molecule is CNCCON=CCc1ccc2ccccc2c1C(N)=O. The van der Waals surface area contributed by atoms with Gasteiger partial charge in [-0.15, -0.1) is 0 Å². The van der Waals surface area contributed by atoms with Gasteiger partial charge in [0.1, 0.15) is 6.61 Å². The van der Waals surface area contributed by atoms with E-state index in [-0.39, 0.29) is 0 Å². The summed E-state index contributed by atoms with van der Waals surface area (Å²) in [7, 11) is 1.85. The second-order valence-electron chi connectivity index (χ2n) is 4.61. The Morgan fingerprint density at radius 1 is 1.33 bits per heavy atom. The molecule has 2 aromatic carbocycles. The highest BCUT2D eigenvalue weighted by Crippen LogP contribution is 2.22. The first-order valence-corrected chi connectivity index (χ1v) is 6.83. The first-order valence-electron chi connectivity index (χ1n) is 6.83. The van der Waals surface area contributed by atoms with Crippen molar-refractivity contribution in [1.29, 1.82) is 0 Å². The normalized spacial score (nSPS) is 11.1. The number of hydrogen-bond donors (Lipinski definition) is 2. The van der Waals surface area contributed by atoms with E-state index in [2.05, 4.69) is 10.5 Å². The Labute approximate surface area is 123 Å². The van der Waals surface area contributed by atoms with Gasteiger partial charge >= 0.3 is 0 Å². The van der Waals surface area contributed by atoms with Gasteiger partial charge in [-0.1, -0.05) is 41.6 Å². The summed E-state index contributed by atoms with van der Waals surface area (Å²) in [6.45, 7) is 1.24. The Morgan fingerprint density at radius 2 is 2.14 bits per heavy atom. The molecule has 0 heterocycles. The van der Waals surface area contributed by atoms with Gasteiger partial charge in [0.25, 0.3) is 0 Å². The zero-order valence-electron chi connectivity index (χ0n) is 12.0. The summed E-state index contributed by atoms with van der Waals surface area (Å²) in [6.07, 6.45) is 2.15. The fourth-order valence-electron chi connectivity index (χ4n) is 2.17. The average Bonchev–Trinajstić information content (AvgIpc) is 2.50. The van der Waals surface area contributed by atoms with Crippen molar-refractivity contribution in [3.8, 4) is 0 Å². The summed E-state index contributed by atoms with van der Waals surface area (Å²) in [6, 6.07) is 11.6. The van der Waals surface area contributed by atoms with Gasteiger partial charge in [-0.2, -0.15) is 0 Å². The maximum atomic E-state index is 11.7. The van der Waals surface area contributed by atoms with Gasteiger partial charge in [0.05, 0.1) is 5.56 Å². The van der Waals surface area contributed by atoms with Crippen LogP contribution < -0.4 is 11.1 Å². The van der Waals surface area contributed by atoms with E-state index in [4.69, 9.17) is 10.6 Å². The third-order valence-electron chi connectivity index (χ3n) is 3.17. The number of amides is 1. The van der Waals surface area contributed by atoms with Crippen LogP contribution in [0.3, 0.4) is 0 Å². The van der Waals surface area contributed by atoms with E-state index in [0.29, 0.717) is 18.6 Å². The fourth-order valence-corrected chi connectivity index (χ4v) is 2.17. The lowest BCUT2D eigenvalue weighted by molar-refractivity contribution is 0.100. The molecule has 0 unspecified atom stereocenters. The fraction of sp³-hybridized carbons (Fsp3) is 0.250. The van der Waals surface area contributed by atoms with Crippen LogP contribution in [0.4, 0.5) is 0 Å². The maximum Gasteiger partial charge on any atom is 0.249 e. The Kier molecular flexibility index (Phi) is 5.29. The van der Waals surface area contributed by atoms with Crippen molar-refractivity contribution < 1.29 is 9.63 Å². The minimum Gasteiger partial charge on any atom is -0.395 e. The molecule has 0 saturated heterocycles. The minimum atomic E-state index is -0.425. The van der Waals surface area contributed by atoms with Crippen LogP contribution in [-0.2, 0) is 11.3 Å². The third kappa shape index (κ3) is 3.79. The van der Waals surface area contributed by atoms with Crippen molar-refractivity contribution >= 4 is 22.9 Å². The van der Waals surface area contributed by atoms with E-state index in [1.807, 2.05) is 43.4 Å². The number of benzene rings is 2. The Balaban J connectivity index is 2.19. The van der Waals surface area contributed by atoms with Gasteiger partial charge in [-0.25, -0.2) is 0 Å². The van der Waals surface area contributed by atoms with Crippen molar-refractivity contribution in [2.24, 2.45) is 10.9 Å². The summed E-state index contributed by atoms with van der Waals surface area (Å²) < 4.78 is 0.